The first-order valence-electron chi connectivity index (χ1n) is 5.10. The van der Waals surface area contributed by atoms with E-state index in [9.17, 15) is 4.79 Å². The molecule has 0 atom stereocenters. The molecule has 1 rings (SSSR count). The fourth-order valence-electron chi connectivity index (χ4n) is 1.36. The summed E-state index contributed by atoms with van der Waals surface area (Å²) in [6, 6.07) is 0. The van der Waals surface area contributed by atoms with Crippen molar-refractivity contribution in [3.63, 3.8) is 0 Å². The molecule has 1 N–H and O–H groups in total. The smallest absolute Gasteiger partial charge is 0.410 e. The number of nitrogens with one attached hydrogen (secondary N) is 1. The lowest BCUT2D eigenvalue weighted by Gasteiger charge is -2.29. The molecule has 1 aliphatic rings. The zero-order valence-corrected chi connectivity index (χ0v) is 9.54. The number of hydrogen-bond acceptors (Lipinski definition) is 3. The highest BCUT2D eigenvalue weighted by molar-refractivity contribution is 5.79. The summed E-state index contributed by atoms with van der Waals surface area (Å²) < 4.78 is 5.25. The van der Waals surface area contributed by atoms with Crippen molar-refractivity contribution in [1.29, 1.82) is 5.41 Å². The van der Waals surface area contributed by atoms with Gasteiger partial charge in [-0.2, -0.15) is 0 Å². The summed E-state index contributed by atoms with van der Waals surface area (Å²) in [6.07, 6.45) is 3.77. The Labute approximate surface area is 90.4 Å². The van der Waals surface area contributed by atoms with Gasteiger partial charge in [0.15, 0.2) is 0 Å². The molecule has 0 fully saturated rings. The van der Waals surface area contributed by atoms with Crippen molar-refractivity contribution < 1.29 is 9.53 Å². The van der Waals surface area contributed by atoms with Gasteiger partial charge in [-0.05, 0) is 32.8 Å². The predicted octanol–water partition coefficient (Wildman–Crippen LogP) is 2.20. The number of carbonyl (C=O) groups excluding carboxylic acids is 1. The predicted molar refractivity (Wildman–Crippen MR) is 59.3 cm³/mol. The average molecular weight is 210 g/mol. The van der Waals surface area contributed by atoms with E-state index in [1.54, 1.807) is 4.90 Å². The van der Waals surface area contributed by atoms with E-state index in [0.717, 1.165) is 12.0 Å². The second-order valence-electron chi connectivity index (χ2n) is 4.61. The van der Waals surface area contributed by atoms with Gasteiger partial charge >= 0.3 is 6.09 Å². The third kappa shape index (κ3) is 3.73. The molecule has 0 aromatic heterocycles. The van der Waals surface area contributed by atoms with E-state index in [4.69, 9.17) is 10.1 Å². The van der Waals surface area contributed by atoms with Crippen LogP contribution in [0.1, 0.15) is 27.2 Å². The van der Waals surface area contributed by atoms with Crippen LogP contribution in [-0.2, 0) is 4.74 Å². The Morgan fingerprint density at radius 2 is 2.27 bits per heavy atom. The third-order valence-corrected chi connectivity index (χ3v) is 2.02. The van der Waals surface area contributed by atoms with Crippen molar-refractivity contribution >= 4 is 12.3 Å². The van der Waals surface area contributed by atoms with Gasteiger partial charge in [0, 0.05) is 12.8 Å². The molecule has 0 spiro atoms. The van der Waals surface area contributed by atoms with Crippen LogP contribution in [0.15, 0.2) is 11.6 Å². The molecule has 1 aliphatic heterocycles. The minimum atomic E-state index is -0.455. The Morgan fingerprint density at radius 1 is 1.60 bits per heavy atom. The van der Waals surface area contributed by atoms with Crippen molar-refractivity contribution in [1.82, 2.24) is 4.90 Å². The van der Waals surface area contributed by atoms with E-state index in [2.05, 4.69) is 0 Å². The molecular weight excluding hydrogens is 192 g/mol. The Balaban J connectivity index is 2.55. The van der Waals surface area contributed by atoms with Gasteiger partial charge in [-0.15, -0.1) is 0 Å². The Kier molecular flexibility index (Phi) is 3.50. The summed E-state index contributed by atoms with van der Waals surface area (Å²) in [5.41, 5.74) is 0.412. The van der Waals surface area contributed by atoms with Crippen LogP contribution in [0.5, 0.6) is 0 Å². The maximum Gasteiger partial charge on any atom is 0.410 e. The number of nitrogens with zero attached hydrogens (tertiary/aromatic N) is 1. The van der Waals surface area contributed by atoms with E-state index in [-0.39, 0.29) is 6.09 Å². The molecule has 1 heterocycles. The minimum Gasteiger partial charge on any atom is -0.444 e. The third-order valence-electron chi connectivity index (χ3n) is 2.02. The molecule has 84 valence electrons. The summed E-state index contributed by atoms with van der Waals surface area (Å²) >= 11 is 0. The monoisotopic (exact) mass is 210 g/mol. The van der Waals surface area contributed by atoms with Crippen molar-refractivity contribution in [3.05, 3.63) is 11.6 Å². The van der Waals surface area contributed by atoms with E-state index in [0.29, 0.717) is 13.1 Å². The van der Waals surface area contributed by atoms with Gasteiger partial charge in [0.1, 0.15) is 5.60 Å². The lowest BCUT2D eigenvalue weighted by molar-refractivity contribution is 0.0265. The molecule has 4 nitrogen and oxygen atoms in total. The molecular formula is C11H18N2O2. The van der Waals surface area contributed by atoms with E-state index >= 15 is 0 Å². The molecule has 0 aliphatic carbocycles. The first-order valence-corrected chi connectivity index (χ1v) is 5.10. The topological polar surface area (TPSA) is 53.4 Å². The minimum absolute atomic E-state index is 0.296. The van der Waals surface area contributed by atoms with Crippen molar-refractivity contribution in [2.24, 2.45) is 0 Å². The SMILES string of the molecule is CC(C)(C)OC(=O)N1CCC=C(C=N)C1. The Bertz CT molecular complexity index is 289. The largest absolute Gasteiger partial charge is 0.444 e. The van der Waals surface area contributed by atoms with E-state index < -0.39 is 5.60 Å². The zero-order valence-electron chi connectivity index (χ0n) is 9.54. The number of ether oxygens (including phenoxy) is 1. The van der Waals surface area contributed by atoms with Gasteiger partial charge in [-0.3, -0.25) is 0 Å². The Morgan fingerprint density at radius 3 is 2.80 bits per heavy atom. The molecule has 0 bridgehead atoms. The van der Waals surface area contributed by atoms with Gasteiger partial charge in [0.25, 0.3) is 0 Å². The molecule has 0 unspecified atom stereocenters. The maximum atomic E-state index is 11.7. The summed E-state index contributed by atoms with van der Waals surface area (Å²) in [7, 11) is 0. The van der Waals surface area contributed by atoms with Crippen molar-refractivity contribution in [3.8, 4) is 0 Å². The molecule has 15 heavy (non-hydrogen) atoms. The molecule has 1 amide bonds. The van der Waals surface area contributed by atoms with Gasteiger partial charge in [0.05, 0.1) is 6.54 Å². The molecule has 0 radical (unpaired) electrons. The lowest BCUT2D eigenvalue weighted by Crippen LogP contribution is -2.40. The highest BCUT2D eigenvalue weighted by Crippen LogP contribution is 2.14. The van der Waals surface area contributed by atoms with Crippen LogP contribution in [0.3, 0.4) is 0 Å². The highest BCUT2D eigenvalue weighted by atomic mass is 16.6. The quantitative estimate of drug-likeness (QED) is 0.674. The van der Waals surface area contributed by atoms with Crippen molar-refractivity contribution in [2.75, 3.05) is 13.1 Å². The average Bonchev–Trinajstić information content (AvgIpc) is 2.15. The molecule has 0 saturated heterocycles. The zero-order chi connectivity index (χ0) is 11.5. The standard InChI is InChI=1S/C11H18N2O2/c1-11(2,3)15-10(14)13-6-4-5-9(7-12)8-13/h5,7,12H,4,6,8H2,1-3H3. The number of carbonyl (C=O) groups is 1. The second-order valence-corrected chi connectivity index (χ2v) is 4.61. The summed E-state index contributed by atoms with van der Waals surface area (Å²) in [5.74, 6) is 0. The van der Waals surface area contributed by atoms with Crippen LogP contribution in [0.4, 0.5) is 4.79 Å². The fraction of sp³-hybridized carbons (Fsp3) is 0.636. The van der Waals surface area contributed by atoms with Crippen LogP contribution in [0.25, 0.3) is 0 Å². The number of amides is 1. The normalized spacial score (nSPS) is 17.0. The highest BCUT2D eigenvalue weighted by Gasteiger charge is 2.23. The van der Waals surface area contributed by atoms with Crippen LogP contribution >= 0.6 is 0 Å². The van der Waals surface area contributed by atoms with Crippen LogP contribution in [0.2, 0.25) is 0 Å². The number of rotatable bonds is 1. The summed E-state index contributed by atoms with van der Waals surface area (Å²) in [5, 5.41) is 7.14. The molecule has 0 aromatic carbocycles. The van der Waals surface area contributed by atoms with Crippen molar-refractivity contribution in [2.45, 2.75) is 32.8 Å². The van der Waals surface area contributed by atoms with E-state index in [1.807, 2.05) is 26.8 Å². The maximum absolute atomic E-state index is 11.7. The van der Waals surface area contributed by atoms with Crippen LogP contribution in [-0.4, -0.2) is 35.9 Å². The van der Waals surface area contributed by atoms with Crippen LogP contribution in [0, 0.1) is 5.41 Å². The molecule has 4 heteroatoms. The Hall–Kier alpha value is -1.32. The fourth-order valence-corrected chi connectivity index (χ4v) is 1.36. The summed E-state index contributed by atoms with van der Waals surface area (Å²) in [6.45, 7) is 6.71. The van der Waals surface area contributed by atoms with Gasteiger partial charge < -0.3 is 15.0 Å². The number of hydrogen-bond donors (Lipinski definition) is 1. The molecule has 0 saturated carbocycles. The van der Waals surface area contributed by atoms with Gasteiger partial charge in [-0.1, -0.05) is 6.08 Å². The first kappa shape index (κ1) is 11.8. The second kappa shape index (κ2) is 4.47. The first-order chi connectivity index (χ1) is 6.92. The van der Waals surface area contributed by atoms with Crippen LogP contribution < -0.4 is 0 Å². The van der Waals surface area contributed by atoms with E-state index in [1.165, 1.54) is 6.21 Å². The van der Waals surface area contributed by atoms with Gasteiger partial charge in [-0.25, -0.2) is 4.79 Å². The lowest BCUT2D eigenvalue weighted by atomic mass is 10.1. The summed E-state index contributed by atoms with van der Waals surface area (Å²) in [4.78, 5) is 13.3. The molecule has 0 aromatic rings. The van der Waals surface area contributed by atoms with Gasteiger partial charge in [0.2, 0.25) is 0 Å².